The molecule has 1 aromatic heterocycles. The number of para-hydroxylation sites is 2. The number of nitrogens with zero attached hydrogens (tertiary/aromatic N) is 2. The highest BCUT2D eigenvalue weighted by Gasteiger charge is 2.22. The molecule has 0 unspecified atom stereocenters. The molecule has 0 amide bonds. The lowest BCUT2D eigenvalue weighted by molar-refractivity contribution is -0.385. The van der Waals surface area contributed by atoms with Crippen molar-refractivity contribution in [1.29, 1.82) is 0 Å². The maximum atomic E-state index is 12.2. The van der Waals surface area contributed by atoms with Crippen LogP contribution in [-0.2, 0) is 34.0 Å². The zero-order valence-electron chi connectivity index (χ0n) is 14.5. The zero-order chi connectivity index (χ0) is 19.7. The van der Waals surface area contributed by atoms with Crippen molar-refractivity contribution in [2.75, 3.05) is 6.79 Å². The maximum absolute atomic E-state index is 12.2. The minimum atomic E-state index is -0.694. The first-order chi connectivity index (χ1) is 13.5. The van der Waals surface area contributed by atoms with Crippen molar-refractivity contribution in [2.24, 2.45) is 0 Å². The standard InChI is InChI=1S/C18H14N2O8/c21-16(7-19-14-3-1-2-4-15(14)28-18(19)22)26-9-12-6-13(20(23)24)5-11-8-25-10-27-17(11)12/h1-6H,7-10H2. The number of aromatic nitrogens is 1. The molecule has 2 aromatic carbocycles. The van der Waals surface area contributed by atoms with Gasteiger partial charge in [-0.1, -0.05) is 12.1 Å². The molecule has 0 N–H and O–H groups in total. The lowest BCUT2D eigenvalue weighted by atomic mass is 10.1. The van der Waals surface area contributed by atoms with E-state index in [1.165, 1.54) is 12.1 Å². The molecule has 0 atom stereocenters. The fourth-order valence-corrected chi connectivity index (χ4v) is 2.99. The van der Waals surface area contributed by atoms with Crippen LogP contribution in [0.25, 0.3) is 11.1 Å². The first-order valence-corrected chi connectivity index (χ1v) is 8.27. The number of carbonyl (C=O) groups is 1. The third kappa shape index (κ3) is 3.32. The Balaban J connectivity index is 1.53. The van der Waals surface area contributed by atoms with Crippen molar-refractivity contribution in [3.8, 4) is 5.75 Å². The number of esters is 1. The van der Waals surface area contributed by atoms with Crippen LogP contribution in [0.5, 0.6) is 5.75 Å². The van der Waals surface area contributed by atoms with Gasteiger partial charge in [0.05, 0.1) is 17.0 Å². The van der Waals surface area contributed by atoms with Crippen LogP contribution in [0.15, 0.2) is 45.6 Å². The van der Waals surface area contributed by atoms with Crippen molar-refractivity contribution < 1.29 is 28.3 Å². The first-order valence-electron chi connectivity index (χ1n) is 8.27. The van der Waals surface area contributed by atoms with E-state index in [0.717, 1.165) is 4.57 Å². The van der Waals surface area contributed by atoms with Gasteiger partial charge in [-0.05, 0) is 12.1 Å². The summed E-state index contributed by atoms with van der Waals surface area (Å²) in [6.45, 7) is -0.430. The topological polar surface area (TPSA) is 123 Å². The summed E-state index contributed by atoms with van der Waals surface area (Å²) in [5, 5.41) is 11.1. The molecule has 2 heterocycles. The number of benzene rings is 2. The Hall–Kier alpha value is -3.66. The molecule has 10 nitrogen and oxygen atoms in total. The Morgan fingerprint density at radius 1 is 1.29 bits per heavy atom. The Labute approximate surface area is 157 Å². The largest absolute Gasteiger partial charge is 0.467 e. The molecular formula is C18H14N2O8. The van der Waals surface area contributed by atoms with Crippen molar-refractivity contribution in [3.05, 3.63) is 68.2 Å². The number of oxazole rings is 1. The Morgan fingerprint density at radius 2 is 2.11 bits per heavy atom. The van der Waals surface area contributed by atoms with E-state index in [1.54, 1.807) is 24.3 Å². The molecule has 1 aliphatic heterocycles. The number of nitro benzene ring substituents is 1. The van der Waals surface area contributed by atoms with Crippen LogP contribution in [0.1, 0.15) is 11.1 Å². The number of non-ortho nitro benzene ring substituents is 1. The Kier molecular flexibility index (Phi) is 4.53. The zero-order valence-corrected chi connectivity index (χ0v) is 14.5. The van der Waals surface area contributed by atoms with Crippen molar-refractivity contribution in [2.45, 2.75) is 19.8 Å². The predicted molar refractivity (Wildman–Crippen MR) is 93.7 cm³/mol. The van der Waals surface area contributed by atoms with Gasteiger partial charge < -0.3 is 18.6 Å². The molecule has 1 aliphatic rings. The second-order valence-electron chi connectivity index (χ2n) is 6.04. The molecule has 10 heteroatoms. The van der Waals surface area contributed by atoms with Gasteiger partial charge in [-0.2, -0.15) is 0 Å². The van der Waals surface area contributed by atoms with Gasteiger partial charge in [0.25, 0.3) is 5.69 Å². The molecule has 0 fully saturated rings. The van der Waals surface area contributed by atoms with E-state index >= 15 is 0 Å². The highest BCUT2D eigenvalue weighted by Crippen LogP contribution is 2.33. The quantitative estimate of drug-likeness (QED) is 0.371. The highest BCUT2D eigenvalue weighted by molar-refractivity contribution is 5.76. The first kappa shape index (κ1) is 17.7. The van der Waals surface area contributed by atoms with E-state index in [2.05, 4.69) is 0 Å². The smallest absolute Gasteiger partial charge is 0.420 e. The summed E-state index contributed by atoms with van der Waals surface area (Å²) in [5.74, 6) is -0.970. The molecule has 4 rings (SSSR count). The monoisotopic (exact) mass is 386 g/mol. The number of hydrogen-bond acceptors (Lipinski definition) is 8. The maximum Gasteiger partial charge on any atom is 0.420 e. The average molecular weight is 386 g/mol. The summed E-state index contributed by atoms with van der Waals surface area (Å²) in [6, 6.07) is 9.34. The Bertz CT molecular complexity index is 1130. The number of nitro groups is 1. The van der Waals surface area contributed by atoms with Crippen LogP contribution in [0.2, 0.25) is 0 Å². The molecule has 3 aromatic rings. The van der Waals surface area contributed by atoms with Crippen LogP contribution in [0, 0.1) is 10.1 Å². The lowest BCUT2D eigenvalue weighted by Gasteiger charge is -2.20. The molecule has 0 saturated heterocycles. The normalized spacial score (nSPS) is 13.0. The summed E-state index contributed by atoms with van der Waals surface area (Å²) in [5.41, 5.74) is 1.53. The summed E-state index contributed by atoms with van der Waals surface area (Å²) in [4.78, 5) is 34.8. The van der Waals surface area contributed by atoms with Crippen molar-refractivity contribution >= 4 is 22.8 Å². The van der Waals surface area contributed by atoms with Crippen LogP contribution in [0.3, 0.4) is 0 Å². The molecule has 0 spiro atoms. The highest BCUT2D eigenvalue weighted by atomic mass is 16.7. The minimum absolute atomic E-state index is 0.00214. The van der Waals surface area contributed by atoms with E-state index in [4.69, 9.17) is 18.6 Å². The summed E-state index contributed by atoms with van der Waals surface area (Å²) in [7, 11) is 0. The fourth-order valence-electron chi connectivity index (χ4n) is 2.99. The molecule has 0 aliphatic carbocycles. The van der Waals surface area contributed by atoms with E-state index in [-0.39, 0.29) is 32.2 Å². The van der Waals surface area contributed by atoms with Gasteiger partial charge in [-0.15, -0.1) is 0 Å². The number of ether oxygens (including phenoxy) is 3. The van der Waals surface area contributed by atoms with Gasteiger partial charge >= 0.3 is 11.7 Å². The number of rotatable bonds is 5. The number of hydrogen-bond donors (Lipinski definition) is 0. The average Bonchev–Trinajstić information content (AvgIpc) is 3.01. The van der Waals surface area contributed by atoms with E-state index in [9.17, 15) is 19.7 Å². The van der Waals surface area contributed by atoms with Gasteiger partial charge in [-0.3, -0.25) is 19.5 Å². The van der Waals surface area contributed by atoms with Crippen molar-refractivity contribution in [3.63, 3.8) is 0 Å². The van der Waals surface area contributed by atoms with Gasteiger partial charge in [0.15, 0.2) is 12.4 Å². The number of carbonyl (C=O) groups excluding carboxylic acids is 1. The third-order valence-electron chi connectivity index (χ3n) is 4.23. The molecule has 0 radical (unpaired) electrons. The van der Waals surface area contributed by atoms with Gasteiger partial charge in [0.1, 0.15) is 18.9 Å². The van der Waals surface area contributed by atoms with Crippen molar-refractivity contribution in [1.82, 2.24) is 4.57 Å². The van der Waals surface area contributed by atoms with E-state index in [1.807, 2.05) is 0 Å². The molecule has 0 saturated carbocycles. The van der Waals surface area contributed by atoms with Crippen LogP contribution >= 0.6 is 0 Å². The second kappa shape index (κ2) is 7.16. The third-order valence-corrected chi connectivity index (χ3v) is 4.23. The fraction of sp³-hybridized carbons (Fsp3) is 0.222. The molecular weight excluding hydrogens is 372 g/mol. The molecule has 28 heavy (non-hydrogen) atoms. The van der Waals surface area contributed by atoms with E-state index in [0.29, 0.717) is 28.0 Å². The predicted octanol–water partition coefficient (Wildman–Crippen LogP) is 2.11. The minimum Gasteiger partial charge on any atom is -0.467 e. The molecule has 144 valence electrons. The van der Waals surface area contributed by atoms with Crippen LogP contribution < -0.4 is 10.5 Å². The molecule has 0 bridgehead atoms. The lowest BCUT2D eigenvalue weighted by Crippen LogP contribution is -2.22. The SMILES string of the molecule is O=C(Cn1c(=O)oc2ccccc21)OCc1cc([N+](=O)[O-])cc2c1OCOC2. The second-order valence-corrected chi connectivity index (χ2v) is 6.04. The number of fused-ring (bicyclic) bond motifs is 2. The van der Waals surface area contributed by atoms with Gasteiger partial charge in [0, 0.05) is 23.3 Å². The van der Waals surface area contributed by atoms with Crippen LogP contribution in [-0.4, -0.2) is 22.3 Å². The Morgan fingerprint density at radius 3 is 2.93 bits per heavy atom. The summed E-state index contributed by atoms with van der Waals surface area (Å²) in [6.07, 6.45) is 0. The van der Waals surface area contributed by atoms with Gasteiger partial charge in [0.2, 0.25) is 0 Å². The van der Waals surface area contributed by atoms with Gasteiger partial charge in [-0.25, -0.2) is 4.79 Å². The van der Waals surface area contributed by atoms with E-state index < -0.39 is 16.6 Å². The summed E-state index contributed by atoms with van der Waals surface area (Å²) < 4.78 is 22.0. The summed E-state index contributed by atoms with van der Waals surface area (Å²) >= 11 is 0. The van der Waals surface area contributed by atoms with Crippen LogP contribution in [0.4, 0.5) is 5.69 Å².